The molecule has 1 heterocycles. The minimum atomic E-state index is -0.304. The lowest BCUT2D eigenvalue weighted by atomic mass is 10.1. The van der Waals surface area contributed by atoms with Crippen LogP contribution in [-0.2, 0) is 0 Å². The number of anilines is 2. The van der Waals surface area contributed by atoms with E-state index in [9.17, 15) is 9.59 Å². The quantitative estimate of drug-likeness (QED) is 0.482. The number of amides is 2. The largest absolute Gasteiger partial charge is 0.491 e. The number of thiocarbonyl (C=S) groups is 1. The lowest BCUT2D eigenvalue weighted by Gasteiger charge is -2.36. The lowest BCUT2D eigenvalue weighted by Crippen LogP contribution is -2.48. The molecule has 1 aliphatic rings. The minimum absolute atomic E-state index is 0.0229. The van der Waals surface area contributed by atoms with Crippen LogP contribution in [-0.4, -0.2) is 54.1 Å². The van der Waals surface area contributed by atoms with Gasteiger partial charge in [-0.15, -0.1) is 0 Å². The van der Waals surface area contributed by atoms with Gasteiger partial charge in [-0.05, 0) is 80.7 Å². The summed E-state index contributed by atoms with van der Waals surface area (Å²) in [5.74, 6) is 0.406. The molecule has 4 rings (SSSR count). The second-order valence-electron chi connectivity index (χ2n) is 8.79. The number of hydrogen-bond acceptors (Lipinski definition) is 5. The summed E-state index contributed by atoms with van der Waals surface area (Å²) < 4.78 is 5.65. The maximum absolute atomic E-state index is 12.7. The number of piperazine rings is 1. The number of rotatable bonds is 6. The van der Waals surface area contributed by atoms with Gasteiger partial charge in [0.2, 0.25) is 0 Å². The van der Waals surface area contributed by atoms with E-state index in [1.54, 1.807) is 18.2 Å². The van der Waals surface area contributed by atoms with E-state index in [-0.39, 0.29) is 23.0 Å². The molecule has 2 N–H and O–H groups in total. The summed E-state index contributed by atoms with van der Waals surface area (Å²) in [6.45, 7) is 6.74. The highest BCUT2D eigenvalue weighted by molar-refractivity contribution is 7.80. The van der Waals surface area contributed by atoms with E-state index in [1.165, 1.54) is 0 Å². The number of nitrogens with one attached hydrogen (secondary N) is 2. The minimum Gasteiger partial charge on any atom is -0.491 e. The molecule has 1 aliphatic heterocycles. The van der Waals surface area contributed by atoms with Crippen molar-refractivity contribution in [3.05, 3.63) is 90.0 Å². The molecule has 0 unspecified atom stereocenters. The van der Waals surface area contributed by atoms with Crippen molar-refractivity contribution in [2.75, 3.05) is 36.4 Å². The van der Waals surface area contributed by atoms with Crippen molar-refractivity contribution in [3.63, 3.8) is 0 Å². The molecule has 8 heteroatoms. The number of carbonyl (C=O) groups is 2. The zero-order chi connectivity index (χ0) is 25.5. The highest BCUT2D eigenvalue weighted by Crippen LogP contribution is 2.20. The maximum atomic E-state index is 12.7. The Labute approximate surface area is 217 Å². The molecule has 2 amide bonds. The van der Waals surface area contributed by atoms with Gasteiger partial charge in [-0.3, -0.25) is 14.9 Å². The van der Waals surface area contributed by atoms with Gasteiger partial charge in [0.15, 0.2) is 5.11 Å². The smallest absolute Gasteiger partial charge is 0.257 e. The van der Waals surface area contributed by atoms with Crippen molar-refractivity contribution < 1.29 is 14.3 Å². The number of carbonyl (C=O) groups excluding carboxylic acids is 2. The number of hydrogen-bond donors (Lipinski definition) is 2. The van der Waals surface area contributed by atoms with E-state index in [2.05, 4.69) is 15.5 Å². The highest BCUT2D eigenvalue weighted by Gasteiger charge is 2.22. The van der Waals surface area contributed by atoms with Gasteiger partial charge in [-0.2, -0.15) is 0 Å². The van der Waals surface area contributed by atoms with Gasteiger partial charge >= 0.3 is 0 Å². The van der Waals surface area contributed by atoms with Crippen molar-refractivity contribution in [2.24, 2.45) is 0 Å². The fourth-order valence-corrected chi connectivity index (χ4v) is 4.22. The Kier molecular flexibility index (Phi) is 8.17. The molecule has 0 saturated carbocycles. The van der Waals surface area contributed by atoms with Gasteiger partial charge in [0.25, 0.3) is 11.8 Å². The van der Waals surface area contributed by atoms with Gasteiger partial charge in [0, 0.05) is 48.7 Å². The Hall–Kier alpha value is -3.91. The lowest BCUT2D eigenvalue weighted by molar-refractivity contribution is 0.0746. The van der Waals surface area contributed by atoms with Crippen molar-refractivity contribution >= 4 is 40.5 Å². The maximum Gasteiger partial charge on any atom is 0.257 e. The van der Waals surface area contributed by atoms with Gasteiger partial charge in [-0.1, -0.05) is 24.3 Å². The average Bonchev–Trinajstić information content (AvgIpc) is 2.89. The van der Waals surface area contributed by atoms with Crippen molar-refractivity contribution in [1.29, 1.82) is 0 Å². The van der Waals surface area contributed by atoms with Crippen LogP contribution in [0, 0.1) is 0 Å². The number of benzene rings is 3. The molecule has 1 saturated heterocycles. The van der Waals surface area contributed by atoms with Crippen LogP contribution in [0.1, 0.15) is 34.6 Å². The molecule has 0 radical (unpaired) electrons. The monoisotopic (exact) mass is 502 g/mol. The van der Waals surface area contributed by atoms with Gasteiger partial charge < -0.3 is 19.9 Å². The van der Waals surface area contributed by atoms with Crippen molar-refractivity contribution in [2.45, 2.75) is 20.0 Å². The van der Waals surface area contributed by atoms with Crippen LogP contribution in [0.2, 0.25) is 0 Å². The van der Waals surface area contributed by atoms with Gasteiger partial charge in [0.05, 0.1) is 6.10 Å². The van der Waals surface area contributed by atoms with Crippen LogP contribution in [0.3, 0.4) is 0 Å². The molecule has 0 spiro atoms. The molecule has 3 aromatic carbocycles. The average molecular weight is 503 g/mol. The number of ether oxygens (including phenoxy) is 1. The third kappa shape index (κ3) is 6.60. The third-order valence-corrected chi connectivity index (χ3v) is 5.98. The standard InChI is InChI=1S/C28H30N4O3S/c1-20(2)35-25-10-6-9-22(19-25)26(33)30-28(36)29-23-11-13-24(14-12-23)31-15-17-32(18-16-31)27(34)21-7-4-3-5-8-21/h3-14,19-20H,15-18H2,1-2H3,(H2,29,30,33,36). The Bertz CT molecular complexity index is 1210. The van der Waals surface area contributed by atoms with Crippen LogP contribution in [0.4, 0.5) is 11.4 Å². The first-order valence-electron chi connectivity index (χ1n) is 12.0. The van der Waals surface area contributed by atoms with Gasteiger partial charge in [-0.25, -0.2) is 0 Å². The first-order valence-corrected chi connectivity index (χ1v) is 12.4. The van der Waals surface area contributed by atoms with Crippen LogP contribution in [0.5, 0.6) is 5.75 Å². The van der Waals surface area contributed by atoms with Crippen LogP contribution in [0.15, 0.2) is 78.9 Å². The molecule has 0 aromatic heterocycles. The normalized spacial score (nSPS) is 13.3. The SMILES string of the molecule is CC(C)Oc1cccc(C(=O)NC(=S)Nc2ccc(N3CCN(C(=O)c4ccccc4)CC3)cc2)c1. The summed E-state index contributed by atoms with van der Waals surface area (Å²) in [4.78, 5) is 29.4. The zero-order valence-corrected chi connectivity index (χ0v) is 21.3. The molecule has 0 atom stereocenters. The molecule has 7 nitrogen and oxygen atoms in total. The predicted octanol–water partition coefficient (Wildman–Crippen LogP) is 4.56. The van der Waals surface area contributed by atoms with E-state index in [4.69, 9.17) is 17.0 Å². The first-order chi connectivity index (χ1) is 17.4. The fraction of sp³-hybridized carbons (Fsp3) is 0.250. The number of nitrogens with zero attached hydrogens (tertiary/aromatic N) is 2. The van der Waals surface area contributed by atoms with E-state index in [0.717, 1.165) is 30.0 Å². The topological polar surface area (TPSA) is 73.9 Å². The first kappa shape index (κ1) is 25.2. The van der Waals surface area contributed by atoms with Crippen LogP contribution >= 0.6 is 12.2 Å². The van der Waals surface area contributed by atoms with E-state index in [0.29, 0.717) is 24.4 Å². The van der Waals surface area contributed by atoms with Crippen molar-refractivity contribution in [3.8, 4) is 5.75 Å². The van der Waals surface area contributed by atoms with Gasteiger partial charge in [0.1, 0.15) is 5.75 Å². The Morgan fingerprint density at radius 2 is 1.53 bits per heavy atom. The second kappa shape index (κ2) is 11.7. The summed E-state index contributed by atoms with van der Waals surface area (Å²) in [5, 5.41) is 5.99. The van der Waals surface area contributed by atoms with E-state index >= 15 is 0 Å². The summed E-state index contributed by atoms with van der Waals surface area (Å²) >= 11 is 5.33. The molecule has 3 aromatic rings. The van der Waals surface area contributed by atoms with E-state index in [1.807, 2.05) is 79.4 Å². The molecule has 0 aliphatic carbocycles. The molecule has 0 bridgehead atoms. The van der Waals surface area contributed by atoms with Crippen molar-refractivity contribution in [1.82, 2.24) is 10.2 Å². The third-order valence-electron chi connectivity index (χ3n) is 5.77. The van der Waals surface area contributed by atoms with Crippen LogP contribution < -0.4 is 20.3 Å². The fourth-order valence-electron chi connectivity index (χ4n) is 4.01. The molecular weight excluding hydrogens is 472 g/mol. The second-order valence-corrected chi connectivity index (χ2v) is 9.20. The summed E-state index contributed by atoms with van der Waals surface area (Å²) in [6.07, 6.45) is 0.0229. The highest BCUT2D eigenvalue weighted by atomic mass is 32.1. The summed E-state index contributed by atoms with van der Waals surface area (Å²) in [5.41, 5.74) is 3.04. The Morgan fingerprint density at radius 3 is 2.19 bits per heavy atom. The molecular formula is C28H30N4O3S. The molecule has 1 fully saturated rings. The summed E-state index contributed by atoms with van der Waals surface area (Å²) in [6, 6.07) is 24.3. The van der Waals surface area contributed by atoms with E-state index < -0.39 is 0 Å². The zero-order valence-electron chi connectivity index (χ0n) is 20.4. The molecule has 36 heavy (non-hydrogen) atoms. The molecule has 186 valence electrons. The van der Waals surface area contributed by atoms with Crippen LogP contribution in [0.25, 0.3) is 0 Å². The predicted molar refractivity (Wildman–Crippen MR) is 147 cm³/mol. The summed E-state index contributed by atoms with van der Waals surface area (Å²) in [7, 11) is 0. The Balaban J connectivity index is 1.27. The Morgan fingerprint density at radius 1 is 0.861 bits per heavy atom.